The van der Waals surface area contributed by atoms with E-state index in [0.29, 0.717) is 5.92 Å². The highest BCUT2D eigenvalue weighted by molar-refractivity contribution is 5.74. The Bertz CT molecular complexity index is 537. The number of carboxylic acids is 1. The molecule has 1 aromatic carbocycles. The predicted molar refractivity (Wildman–Crippen MR) is 80.9 cm³/mol. The third kappa shape index (κ3) is 2.10. The van der Waals surface area contributed by atoms with Crippen LogP contribution in [0.1, 0.15) is 51.7 Å². The molecule has 0 radical (unpaired) electrons. The van der Waals surface area contributed by atoms with E-state index in [4.69, 9.17) is 4.74 Å². The second kappa shape index (κ2) is 4.84. The van der Waals surface area contributed by atoms with Gasteiger partial charge in [-0.2, -0.15) is 0 Å². The summed E-state index contributed by atoms with van der Waals surface area (Å²) in [7, 11) is 0. The number of carbonyl (C=O) groups is 1. The maximum absolute atomic E-state index is 11.6. The minimum atomic E-state index is -0.898. The molecule has 1 aromatic rings. The summed E-state index contributed by atoms with van der Waals surface area (Å²) in [4.78, 5) is 11.6. The molecule has 114 valence electrons. The first-order valence-corrected chi connectivity index (χ1v) is 7.79. The maximum Gasteiger partial charge on any atom is 0.337 e. The van der Waals surface area contributed by atoms with Crippen LogP contribution in [0.25, 0.3) is 0 Å². The highest BCUT2D eigenvalue weighted by Crippen LogP contribution is 2.66. The lowest BCUT2D eigenvalue weighted by Crippen LogP contribution is -2.38. The van der Waals surface area contributed by atoms with Crippen LogP contribution in [0.5, 0.6) is 0 Å². The summed E-state index contributed by atoms with van der Waals surface area (Å²) >= 11 is 0. The highest BCUT2D eigenvalue weighted by atomic mass is 16.5. The van der Waals surface area contributed by atoms with Gasteiger partial charge in [0.2, 0.25) is 0 Å². The third-order valence-electron chi connectivity index (χ3n) is 6.34. The zero-order valence-corrected chi connectivity index (χ0v) is 13.0. The van der Waals surface area contributed by atoms with Crippen LogP contribution < -0.4 is 0 Å². The third-order valence-corrected chi connectivity index (χ3v) is 6.34. The van der Waals surface area contributed by atoms with Crippen molar-refractivity contribution in [1.29, 1.82) is 0 Å². The van der Waals surface area contributed by atoms with Gasteiger partial charge in [-0.05, 0) is 41.6 Å². The average molecular weight is 288 g/mol. The fourth-order valence-electron chi connectivity index (χ4n) is 4.41. The van der Waals surface area contributed by atoms with E-state index < -0.39 is 12.1 Å². The topological polar surface area (TPSA) is 46.5 Å². The highest BCUT2D eigenvalue weighted by Gasteiger charge is 2.62. The summed E-state index contributed by atoms with van der Waals surface area (Å²) in [5, 5.41) is 9.55. The molecule has 2 saturated carbocycles. The maximum atomic E-state index is 11.6. The molecule has 0 aliphatic heterocycles. The van der Waals surface area contributed by atoms with E-state index in [9.17, 15) is 9.90 Å². The molecular formula is C18H24O3. The van der Waals surface area contributed by atoms with Gasteiger partial charge < -0.3 is 9.84 Å². The van der Waals surface area contributed by atoms with Crippen molar-refractivity contribution in [3.8, 4) is 0 Å². The Kier molecular flexibility index (Phi) is 3.36. The van der Waals surface area contributed by atoms with Crippen molar-refractivity contribution in [2.24, 2.45) is 16.7 Å². The molecule has 2 aliphatic carbocycles. The van der Waals surface area contributed by atoms with Crippen LogP contribution in [0.15, 0.2) is 30.3 Å². The van der Waals surface area contributed by atoms with Crippen LogP contribution in [-0.2, 0) is 9.53 Å². The molecular weight excluding hydrogens is 264 g/mol. The van der Waals surface area contributed by atoms with Crippen LogP contribution in [0.2, 0.25) is 0 Å². The first kappa shape index (κ1) is 14.6. The first-order valence-electron chi connectivity index (χ1n) is 7.79. The Labute approximate surface area is 126 Å². The standard InChI is InChI=1S/C18H24O3/c1-17(2)13-9-10-18(17,3)14(11-13)21-15(16(19)20)12-7-5-4-6-8-12/h4-8,13-15H,9-11H2,1-3H3,(H,19,20). The van der Waals surface area contributed by atoms with Gasteiger partial charge in [0.05, 0.1) is 6.10 Å². The van der Waals surface area contributed by atoms with E-state index in [1.54, 1.807) is 0 Å². The Morgan fingerprint density at radius 3 is 2.43 bits per heavy atom. The second-order valence-electron chi connectivity index (χ2n) is 7.36. The smallest absolute Gasteiger partial charge is 0.337 e. The number of fused-ring (bicyclic) bond motifs is 2. The molecule has 2 bridgehead atoms. The van der Waals surface area contributed by atoms with E-state index in [1.807, 2.05) is 30.3 Å². The van der Waals surface area contributed by atoms with E-state index >= 15 is 0 Å². The summed E-state index contributed by atoms with van der Waals surface area (Å²) in [6.07, 6.45) is 2.54. The molecule has 0 amide bonds. The number of aliphatic carboxylic acids is 1. The summed E-state index contributed by atoms with van der Waals surface area (Å²) in [6.45, 7) is 6.90. The largest absolute Gasteiger partial charge is 0.479 e. The van der Waals surface area contributed by atoms with Crippen molar-refractivity contribution in [1.82, 2.24) is 0 Å². The first-order chi connectivity index (χ1) is 9.86. The lowest BCUT2D eigenvalue weighted by molar-refractivity contribution is -0.162. The quantitative estimate of drug-likeness (QED) is 0.909. The van der Waals surface area contributed by atoms with Crippen molar-refractivity contribution < 1.29 is 14.6 Å². The van der Waals surface area contributed by atoms with E-state index in [-0.39, 0.29) is 16.9 Å². The zero-order valence-electron chi connectivity index (χ0n) is 13.0. The van der Waals surface area contributed by atoms with Gasteiger partial charge in [0.15, 0.2) is 6.10 Å². The molecule has 0 aromatic heterocycles. The summed E-state index contributed by atoms with van der Waals surface area (Å²) in [5.41, 5.74) is 1.05. The van der Waals surface area contributed by atoms with Gasteiger partial charge in [0.1, 0.15) is 0 Å². The molecule has 3 nitrogen and oxygen atoms in total. The molecule has 21 heavy (non-hydrogen) atoms. The van der Waals surface area contributed by atoms with Crippen LogP contribution in [0, 0.1) is 16.7 Å². The van der Waals surface area contributed by atoms with Gasteiger partial charge in [-0.3, -0.25) is 0 Å². The van der Waals surface area contributed by atoms with Gasteiger partial charge in [0.25, 0.3) is 0 Å². The molecule has 0 heterocycles. The lowest BCUT2D eigenvalue weighted by Gasteiger charge is -2.39. The molecule has 4 unspecified atom stereocenters. The Hall–Kier alpha value is -1.35. The number of rotatable bonds is 4. The molecule has 4 atom stereocenters. The van der Waals surface area contributed by atoms with Gasteiger partial charge in [-0.25, -0.2) is 4.79 Å². The Balaban J connectivity index is 1.84. The van der Waals surface area contributed by atoms with Gasteiger partial charge in [-0.1, -0.05) is 51.1 Å². The van der Waals surface area contributed by atoms with Gasteiger partial charge in [0, 0.05) is 0 Å². The van der Waals surface area contributed by atoms with Gasteiger partial charge in [-0.15, -0.1) is 0 Å². The van der Waals surface area contributed by atoms with E-state index in [1.165, 1.54) is 6.42 Å². The average Bonchev–Trinajstić information content (AvgIpc) is 2.78. The molecule has 0 saturated heterocycles. The number of ether oxygens (including phenoxy) is 1. The molecule has 2 aliphatic rings. The molecule has 3 heteroatoms. The summed E-state index contributed by atoms with van der Waals surface area (Å²) in [5.74, 6) is -0.247. The Morgan fingerprint density at radius 1 is 1.29 bits per heavy atom. The predicted octanol–water partition coefficient (Wildman–Crippen LogP) is 4.04. The molecule has 0 spiro atoms. The monoisotopic (exact) mass is 288 g/mol. The number of carboxylic acid groups (broad SMARTS) is 1. The number of hydrogen-bond donors (Lipinski definition) is 1. The van der Waals surface area contributed by atoms with Crippen molar-refractivity contribution in [2.45, 2.75) is 52.2 Å². The fourth-order valence-corrected chi connectivity index (χ4v) is 4.41. The molecule has 2 fully saturated rings. The lowest BCUT2D eigenvalue weighted by atomic mass is 9.70. The molecule has 1 N–H and O–H groups in total. The van der Waals surface area contributed by atoms with Crippen LogP contribution >= 0.6 is 0 Å². The fraction of sp³-hybridized carbons (Fsp3) is 0.611. The van der Waals surface area contributed by atoms with Crippen LogP contribution in [-0.4, -0.2) is 17.2 Å². The zero-order chi connectivity index (χ0) is 15.3. The second-order valence-corrected chi connectivity index (χ2v) is 7.36. The number of benzene rings is 1. The SMILES string of the molecule is CC1(C)C2CCC1(C)C(OC(C(=O)O)c1ccccc1)C2. The van der Waals surface area contributed by atoms with Crippen LogP contribution in [0.3, 0.4) is 0 Å². The summed E-state index contributed by atoms with van der Waals surface area (Å²) in [6, 6.07) is 9.28. The minimum Gasteiger partial charge on any atom is -0.479 e. The Morgan fingerprint density at radius 2 is 1.95 bits per heavy atom. The normalized spacial score (nSPS) is 34.8. The van der Waals surface area contributed by atoms with E-state index in [0.717, 1.165) is 18.4 Å². The minimum absolute atomic E-state index is 0.0348. The van der Waals surface area contributed by atoms with Crippen molar-refractivity contribution in [3.05, 3.63) is 35.9 Å². The molecule has 3 rings (SSSR count). The number of hydrogen-bond acceptors (Lipinski definition) is 2. The van der Waals surface area contributed by atoms with Crippen LogP contribution in [0.4, 0.5) is 0 Å². The van der Waals surface area contributed by atoms with E-state index in [2.05, 4.69) is 20.8 Å². The van der Waals surface area contributed by atoms with Crippen molar-refractivity contribution in [2.75, 3.05) is 0 Å². The van der Waals surface area contributed by atoms with Crippen molar-refractivity contribution in [3.63, 3.8) is 0 Å². The van der Waals surface area contributed by atoms with Gasteiger partial charge >= 0.3 is 5.97 Å². The summed E-state index contributed by atoms with van der Waals surface area (Å²) < 4.78 is 6.13. The van der Waals surface area contributed by atoms with Crippen molar-refractivity contribution >= 4 is 5.97 Å².